The lowest BCUT2D eigenvalue weighted by Crippen LogP contribution is -2.23. The van der Waals surface area contributed by atoms with E-state index in [1.165, 1.54) is 13.4 Å². The van der Waals surface area contributed by atoms with Crippen molar-refractivity contribution in [3.05, 3.63) is 77.8 Å². The molecule has 38 heavy (non-hydrogen) atoms. The first-order chi connectivity index (χ1) is 18.4. The van der Waals surface area contributed by atoms with Gasteiger partial charge in [0.15, 0.2) is 17.0 Å². The molecule has 1 N–H and O–H groups in total. The molecule has 1 saturated heterocycles. The van der Waals surface area contributed by atoms with Crippen LogP contribution in [-0.4, -0.2) is 44.7 Å². The summed E-state index contributed by atoms with van der Waals surface area (Å²) in [5.41, 5.74) is 1.37. The summed E-state index contributed by atoms with van der Waals surface area (Å²) in [4.78, 5) is 25.6. The second-order valence-corrected chi connectivity index (χ2v) is 10.5. The molecule has 4 unspecified atom stereocenters. The van der Waals surface area contributed by atoms with Crippen molar-refractivity contribution in [2.45, 2.75) is 38.2 Å². The molecule has 2 aromatic carbocycles. The van der Waals surface area contributed by atoms with Gasteiger partial charge in [-0.15, -0.1) is 0 Å². The van der Waals surface area contributed by atoms with E-state index < -0.39 is 26.3 Å². The zero-order valence-corrected chi connectivity index (χ0v) is 22.2. The molecule has 0 saturated carbocycles. The van der Waals surface area contributed by atoms with Crippen molar-refractivity contribution in [3.63, 3.8) is 0 Å². The Bertz CT molecular complexity index is 1470. The van der Waals surface area contributed by atoms with E-state index in [0.29, 0.717) is 40.3 Å². The number of nitrogens with one attached hydrogen (secondary N) is 1. The summed E-state index contributed by atoms with van der Waals surface area (Å²) >= 11 is 5.92. The van der Waals surface area contributed by atoms with Crippen LogP contribution in [0.15, 0.2) is 67.3 Å². The Morgan fingerprint density at radius 1 is 1.16 bits per heavy atom. The first kappa shape index (κ1) is 26.3. The number of phosphoric ester groups is 1. The van der Waals surface area contributed by atoms with Gasteiger partial charge in [-0.3, -0.25) is 18.4 Å². The van der Waals surface area contributed by atoms with Gasteiger partial charge in [0.05, 0.1) is 12.4 Å². The second kappa shape index (κ2) is 11.2. The van der Waals surface area contributed by atoms with Gasteiger partial charge in [0.25, 0.3) is 5.91 Å². The van der Waals surface area contributed by atoms with Gasteiger partial charge >= 0.3 is 7.82 Å². The van der Waals surface area contributed by atoms with Crippen molar-refractivity contribution in [2.75, 3.05) is 12.4 Å². The van der Waals surface area contributed by atoms with E-state index in [2.05, 4.69) is 20.3 Å². The maximum absolute atomic E-state index is 13.3. The molecule has 11 nitrogen and oxygen atoms in total. The highest BCUT2D eigenvalue weighted by molar-refractivity contribution is 7.48. The first-order valence-corrected chi connectivity index (χ1v) is 13.7. The van der Waals surface area contributed by atoms with Gasteiger partial charge < -0.3 is 14.6 Å². The lowest BCUT2D eigenvalue weighted by molar-refractivity contribution is -0.0185. The van der Waals surface area contributed by atoms with Gasteiger partial charge in [-0.2, -0.15) is 0 Å². The Hall–Kier alpha value is -3.34. The summed E-state index contributed by atoms with van der Waals surface area (Å²) in [5.74, 6) is 0.263. The van der Waals surface area contributed by atoms with Gasteiger partial charge in [-0.05, 0) is 42.8 Å². The SMILES string of the molecule is CCC1OC(n2cnc3c(NC(=O)c4ccccc4)ncnc32)CC1OP(=O)(OC)Oc1ccc(Cl)cc1. The number of anilines is 1. The largest absolute Gasteiger partial charge is 0.530 e. The number of benzene rings is 2. The van der Waals surface area contributed by atoms with E-state index in [-0.39, 0.29) is 11.7 Å². The van der Waals surface area contributed by atoms with Crippen molar-refractivity contribution in [1.82, 2.24) is 19.5 Å². The molecule has 1 amide bonds. The Balaban J connectivity index is 1.34. The molecule has 4 aromatic rings. The minimum absolute atomic E-state index is 0.278. The minimum Gasteiger partial charge on any atom is -0.404 e. The van der Waals surface area contributed by atoms with Crippen molar-refractivity contribution >= 4 is 42.3 Å². The van der Waals surface area contributed by atoms with Crippen LogP contribution in [0.5, 0.6) is 5.75 Å². The number of imidazole rings is 1. The Kier molecular flexibility index (Phi) is 7.73. The lowest BCUT2D eigenvalue weighted by Gasteiger charge is -2.22. The maximum Gasteiger partial charge on any atom is 0.530 e. The third kappa shape index (κ3) is 5.57. The molecule has 3 heterocycles. The van der Waals surface area contributed by atoms with E-state index in [9.17, 15) is 9.36 Å². The highest BCUT2D eigenvalue weighted by atomic mass is 35.5. The Morgan fingerprint density at radius 2 is 1.92 bits per heavy atom. The van der Waals surface area contributed by atoms with Gasteiger partial charge in [-0.25, -0.2) is 19.5 Å². The summed E-state index contributed by atoms with van der Waals surface area (Å²) in [5, 5.41) is 3.31. The maximum atomic E-state index is 13.3. The van der Waals surface area contributed by atoms with Gasteiger partial charge in [0, 0.05) is 24.1 Å². The average Bonchev–Trinajstić information content (AvgIpc) is 3.55. The van der Waals surface area contributed by atoms with Crippen LogP contribution in [0.4, 0.5) is 5.82 Å². The molecule has 0 radical (unpaired) electrons. The predicted octanol–water partition coefficient (Wildman–Crippen LogP) is 5.65. The molecule has 5 rings (SSSR count). The van der Waals surface area contributed by atoms with Gasteiger partial charge in [0.1, 0.15) is 24.4 Å². The molecule has 1 fully saturated rings. The summed E-state index contributed by atoms with van der Waals surface area (Å²) in [6.07, 6.45) is 2.32. The van der Waals surface area contributed by atoms with Crippen molar-refractivity contribution in [2.24, 2.45) is 0 Å². The molecular weight excluding hydrogens is 533 g/mol. The number of carbonyl (C=O) groups excluding carboxylic acids is 1. The van der Waals surface area contributed by atoms with Crippen LogP contribution in [0.2, 0.25) is 5.02 Å². The molecule has 0 aliphatic carbocycles. The quantitative estimate of drug-likeness (QED) is 0.260. The number of phosphoric acid groups is 1. The van der Waals surface area contributed by atoms with Crippen LogP contribution in [0.3, 0.4) is 0 Å². The molecule has 0 bridgehead atoms. The van der Waals surface area contributed by atoms with Crippen LogP contribution >= 0.6 is 19.4 Å². The number of carbonyl (C=O) groups is 1. The molecule has 2 aromatic heterocycles. The summed E-state index contributed by atoms with van der Waals surface area (Å²) in [6.45, 7) is 1.94. The zero-order valence-electron chi connectivity index (χ0n) is 20.6. The number of ether oxygens (including phenoxy) is 1. The summed E-state index contributed by atoms with van der Waals surface area (Å²) < 4.78 is 37.8. The number of aromatic nitrogens is 4. The molecule has 13 heteroatoms. The number of rotatable bonds is 9. The molecule has 0 spiro atoms. The molecule has 1 aliphatic heterocycles. The summed E-state index contributed by atoms with van der Waals surface area (Å²) in [7, 11) is -2.70. The standard InChI is InChI=1S/C25H25ClN5O6P/c1-3-19-20(37-38(33,34-2)36-18-11-9-17(26)10-12-18)13-21(35-19)31-15-29-22-23(27-14-28-24(22)31)30-25(32)16-7-5-4-6-8-16/h4-12,14-15,19-21H,3,13H2,1-2H3,(H,27,28,30,32). The van der Waals surface area contributed by atoms with Crippen molar-refractivity contribution < 1.29 is 27.7 Å². The number of halogens is 1. The Labute approximate surface area is 223 Å². The van der Waals surface area contributed by atoms with Crippen molar-refractivity contribution in [1.29, 1.82) is 0 Å². The number of fused-ring (bicyclic) bond motifs is 1. The van der Waals surface area contributed by atoms with E-state index in [1.54, 1.807) is 59.4 Å². The molecule has 1 aliphatic rings. The normalized spacial score (nSPS) is 20.8. The minimum atomic E-state index is -3.96. The fourth-order valence-corrected chi connectivity index (χ4v) is 5.42. The highest BCUT2D eigenvalue weighted by Crippen LogP contribution is 2.52. The van der Waals surface area contributed by atoms with Crippen molar-refractivity contribution in [3.8, 4) is 5.75 Å². The smallest absolute Gasteiger partial charge is 0.404 e. The number of hydrogen-bond acceptors (Lipinski definition) is 9. The lowest BCUT2D eigenvalue weighted by atomic mass is 10.1. The fourth-order valence-electron chi connectivity index (χ4n) is 4.16. The third-order valence-electron chi connectivity index (χ3n) is 6.04. The molecule has 4 atom stereocenters. The predicted molar refractivity (Wildman–Crippen MR) is 140 cm³/mol. The highest BCUT2D eigenvalue weighted by Gasteiger charge is 2.42. The van der Waals surface area contributed by atoms with Gasteiger partial charge in [0.2, 0.25) is 0 Å². The van der Waals surface area contributed by atoms with E-state index >= 15 is 0 Å². The monoisotopic (exact) mass is 557 g/mol. The van der Waals surface area contributed by atoms with E-state index in [4.69, 9.17) is 29.9 Å². The van der Waals surface area contributed by atoms with E-state index in [0.717, 1.165) is 0 Å². The number of nitrogens with zero attached hydrogens (tertiary/aromatic N) is 4. The zero-order chi connectivity index (χ0) is 26.7. The molecule has 198 valence electrons. The first-order valence-electron chi connectivity index (χ1n) is 11.9. The van der Waals surface area contributed by atoms with Crippen LogP contribution in [0.1, 0.15) is 36.4 Å². The number of hydrogen-bond donors (Lipinski definition) is 1. The average molecular weight is 558 g/mol. The van der Waals surface area contributed by atoms with Crippen LogP contribution < -0.4 is 9.84 Å². The topological polar surface area (TPSA) is 127 Å². The number of amides is 1. The van der Waals surface area contributed by atoms with Gasteiger partial charge in [-0.1, -0.05) is 36.7 Å². The Morgan fingerprint density at radius 3 is 2.63 bits per heavy atom. The third-order valence-corrected chi connectivity index (χ3v) is 7.70. The van der Waals surface area contributed by atoms with Crippen LogP contribution in [0.25, 0.3) is 11.2 Å². The van der Waals surface area contributed by atoms with Crippen LogP contribution in [0, 0.1) is 0 Å². The van der Waals surface area contributed by atoms with E-state index in [1.807, 2.05) is 13.0 Å². The van der Waals surface area contributed by atoms with Crippen LogP contribution in [-0.2, 0) is 18.3 Å². The summed E-state index contributed by atoms with van der Waals surface area (Å²) in [6, 6.07) is 15.2. The second-order valence-electron chi connectivity index (χ2n) is 8.46. The fraction of sp³-hybridized carbons (Fsp3) is 0.280. The molecular formula is C25H25ClN5O6P.